The number of nitrogens with zero attached hydrogens (tertiary/aromatic N) is 1. The van der Waals surface area contributed by atoms with E-state index in [1.807, 2.05) is 13.1 Å². The zero-order valence-electron chi connectivity index (χ0n) is 11.9. The maximum Gasteiger partial charge on any atom is 0.221 e. The lowest BCUT2D eigenvalue weighted by Crippen LogP contribution is -2.27. The van der Waals surface area contributed by atoms with Crippen molar-refractivity contribution in [1.29, 1.82) is 0 Å². The summed E-state index contributed by atoms with van der Waals surface area (Å²) in [6.07, 6.45) is 0.488. The van der Waals surface area contributed by atoms with E-state index in [4.69, 9.17) is 5.73 Å². The summed E-state index contributed by atoms with van der Waals surface area (Å²) >= 11 is 1.80. The van der Waals surface area contributed by atoms with Crippen LogP contribution < -0.4 is 16.0 Å². The van der Waals surface area contributed by atoms with Crippen molar-refractivity contribution in [2.75, 3.05) is 31.3 Å². The Balaban J connectivity index is 2.86. The van der Waals surface area contributed by atoms with Crippen molar-refractivity contribution in [2.24, 2.45) is 5.73 Å². The molecule has 4 nitrogen and oxygen atoms in total. The molecule has 0 aromatic heterocycles. The summed E-state index contributed by atoms with van der Waals surface area (Å²) in [6, 6.07) is 6.21. The first-order chi connectivity index (χ1) is 9.13. The van der Waals surface area contributed by atoms with E-state index in [9.17, 15) is 4.79 Å². The second-order valence-electron chi connectivity index (χ2n) is 4.24. The van der Waals surface area contributed by atoms with E-state index in [0.717, 1.165) is 17.0 Å². The number of hydrogen-bond donors (Lipinski definition) is 2. The Morgan fingerprint density at radius 3 is 2.79 bits per heavy atom. The van der Waals surface area contributed by atoms with E-state index < -0.39 is 0 Å². The van der Waals surface area contributed by atoms with Gasteiger partial charge < -0.3 is 16.0 Å². The lowest BCUT2D eigenvalue weighted by Gasteiger charge is -2.23. The maximum atomic E-state index is 11.3. The third kappa shape index (κ3) is 4.44. The third-order valence-corrected chi connectivity index (χ3v) is 3.96. The van der Waals surface area contributed by atoms with Gasteiger partial charge in [-0.25, -0.2) is 0 Å². The Bertz CT molecular complexity index is 423. The van der Waals surface area contributed by atoms with Gasteiger partial charge in [0.25, 0.3) is 0 Å². The van der Waals surface area contributed by atoms with Gasteiger partial charge in [0.1, 0.15) is 0 Å². The molecule has 1 amide bonds. The summed E-state index contributed by atoms with van der Waals surface area (Å²) in [4.78, 5) is 14.6. The van der Waals surface area contributed by atoms with Crippen molar-refractivity contribution >= 4 is 23.4 Å². The van der Waals surface area contributed by atoms with Gasteiger partial charge in [-0.1, -0.05) is 13.0 Å². The average Bonchev–Trinajstić information content (AvgIpc) is 2.44. The highest BCUT2D eigenvalue weighted by Gasteiger charge is 2.11. The highest BCUT2D eigenvalue weighted by molar-refractivity contribution is 7.99. The number of carbonyl (C=O) groups excluding carboxylic acids is 1. The number of carbonyl (C=O) groups is 1. The van der Waals surface area contributed by atoms with Crippen molar-refractivity contribution in [3.63, 3.8) is 0 Å². The minimum absolute atomic E-state index is 0.0558. The minimum Gasteiger partial charge on any atom is -0.374 e. The zero-order valence-corrected chi connectivity index (χ0v) is 12.7. The van der Waals surface area contributed by atoms with Crippen molar-refractivity contribution in [2.45, 2.75) is 24.8 Å². The fourth-order valence-electron chi connectivity index (χ4n) is 1.92. The van der Waals surface area contributed by atoms with Crippen LogP contribution in [0.15, 0.2) is 23.1 Å². The lowest BCUT2D eigenvalue weighted by molar-refractivity contribution is -0.120. The summed E-state index contributed by atoms with van der Waals surface area (Å²) in [5, 5.41) is 2.64. The van der Waals surface area contributed by atoms with Crippen LogP contribution in [0.3, 0.4) is 0 Å². The zero-order chi connectivity index (χ0) is 14.3. The molecule has 0 spiro atoms. The number of nitrogens with two attached hydrogens (primary N) is 1. The molecular formula is C14H23N3OS. The van der Waals surface area contributed by atoms with Crippen molar-refractivity contribution in [3.8, 4) is 0 Å². The summed E-state index contributed by atoms with van der Waals surface area (Å²) < 4.78 is 0. The average molecular weight is 281 g/mol. The summed E-state index contributed by atoms with van der Waals surface area (Å²) in [7, 11) is 3.66. The predicted octanol–water partition coefficient (Wildman–Crippen LogP) is 1.83. The number of nitrogens with one attached hydrogen (secondary N) is 1. The number of benzene rings is 1. The number of hydrogen-bond acceptors (Lipinski definition) is 4. The van der Waals surface area contributed by atoms with Crippen molar-refractivity contribution in [1.82, 2.24) is 5.32 Å². The van der Waals surface area contributed by atoms with Gasteiger partial charge in [0.2, 0.25) is 5.91 Å². The van der Waals surface area contributed by atoms with Crippen LogP contribution in [0.25, 0.3) is 0 Å². The Morgan fingerprint density at radius 2 is 2.21 bits per heavy atom. The molecule has 0 heterocycles. The van der Waals surface area contributed by atoms with Gasteiger partial charge in [0, 0.05) is 49.8 Å². The minimum atomic E-state index is 0.0558. The van der Waals surface area contributed by atoms with Crippen LogP contribution in [0.4, 0.5) is 5.69 Å². The molecule has 19 heavy (non-hydrogen) atoms. The van der Waals surface area contributed by atoms with Gasteiger partial charge in [-0.15, -0.1) is 11.8 Å². The van der Waals surface area contributed by atoms with Crippen molar-refractivity contribution in [3.05, 3.63) is 23.8 Å². The first-order valence-electron chi connectivity index (χ1n) is 6.50. The van der Waals surface area contributed by atoms with E-state index in [1.165, 1.54) is 4.90 Å². The largest absolute Gasteiger partial charge is 0.374 e. The van der Waals surface area contributed by atoms with Crippen LogP contribution in [0.2, 0.25) is 0 Å². The molecule has 1 aromatic carbocycles. The lowest BCUT2D eigenvalue weighted by atomic mass is 10.1. The topological polar surface area (TPSA) is 58.4 Å². The monoisotopic (exact) mass is 281 g/mol. The molecule has 1 aromatic rings. The van der Waals surface area contributed by atoms with Crippen LogP contribution >= 0.6 is 11.8 Å². The summed E-state index contributed by atoms with van der Waals surface area (Å²) in [6.45, 7) is 3.34. The molecule has 0 aliphatic heterocycles. The van der Waals surface area contributed by atoms with Gasteiger partial charge in [-0.3, -0.25) is 4.79 Å². The van der Waals surface area contributed by atoms with Crippen LogP contribution in [-0.2, 0) is 11.3 Å². The quantitative estimate of drug-likeness (QED) is 0.749. The third-order valence-electron chi connectivity index (χ3n) is 2.98. The SMILES string of the molecule is CCSc1cccc(N(C)CCC(=O)NC)c1CN. The van der Waals surface area contributed by atoms with E-state index in [-0.39, 0.29) is 5.91 Å². The van der Waals surface area contributed by atoms with E-state index in [2.05, 4.69) is 29.3 Å². The Morgan fingerprint density at radius 1 is 1.47 bits per heavy atom. The molecule has 1 rings (SSSR count). The molecule has 0 atom stereocenters. The molecule has 0 aliphatic rings. The van der Waals surface area contributed by atoms with Gasteiger partial charge >= 0.3 is 0 Å². The highest BCUT2D eigenvalue weighted by atomic mass is 32.2. The Kier molecular flexibility index (Phi) is 6.73. The van der Waals surface area contributed by atoms with Crippen LogP contribution in [0.1, 0.15) is 18.9 Å². The second kappa shape index (κ2) is 8.07. The molecule has 0 unspecified atom stereocenters. The smallest absolute Gasteiger partial charge is 0.221 e. The van der Waals surface area contributed by atoms with E-state index >= 15 is 0 Å². The Hall–Kier alpha value is -1.20. The Labute approximate surface area is 119 Å². The molecule has 0 aliphatic carbocycles. The summed E-state index contributed by atoms with van der Waals surface area (Å²) in [5.74, 6) is 1.08. The van der Waals surface area contributed by atoms with Crippen molar-refractivity contribution < 1.29 is 4.79 Å². The molecule has 5 heteroatoms. The first kappa shape index (κ1) is 15.9. The molecule has 0 fully saturated rings. The van der Waals surface area contributed by atoms with Crippen LogP contribution in [0, 0.1) is 0 Å². The van der Waals surface area contributed by atoms with Gasteiger partial charge in [-0.05, 0) is 17.9 Å². The van der Waals surface area contributed by atoms with E-state index in [0.29, 0.717) is 19.5 Å². The highest BCUT2D eigenvalue weighted by Crippen LogP contribution is 2.30. The second-order valence-corrected chi connectivity index (χ2v) is 5.54. The van der Waals surface area contributed by atoms with Gasteiger partial charge in [-0.2, -0.15) is 0 Å². The van der Waals surface area contributed by atoms with Crippen LogP contribution in [0.5, 0.6) is 0 Å². The van der Waals surface area contributed by atoms with Gasteiger partial charge in [0.15, 0.2) is 0 Å². The number of anilines is 1. The fraction of sp³-hybridized carbons (Fsp3) is 0.500. The molecule has 0 bridgehead atoms. The first-order valence-corrected chi connectivity index (χ1v) is 7.49. The molecule has 3 N–H and O–H groups in total. The number of thioether (sulfide) groups is 1. The fourth-order valence-corrected chi connectivity index (χ4v) is 2.77. The number of amides is 1. The van der Waals surface area contributed by atoms with E-state index in [1.54, 1.807) is 18.8 Å². The molecule has 0 radical (unpaired) electrons. The molecular weight excluding hydrogens is 258 g/mol. The summed E-state index contributed by atoms with van der Waals surface area (Å²) in [5.41, 5.74) is 8.16. The number of rotatable bonds is 7. The van der Waals surface area contributed by atoms with Gasteiger partial charge in [0.05, 0.1) is 0 Å². The normalized spacial score (nSPS) is 10.3. The predicted molar refractivity (Wildman–Crippen MR) is 82.7 cm³/mol. The maximum absolute atomic E-state index is 11.3. The molecule has 106 valence electrons. The molecule has 0 saturated heterocycles. The van der Waals surface area contributed by atoms with Crippen LogP contribution in [-0.4, -0.2) is 32.3 Å². The molecule has 0 saturated carbocycles. The standard InChI is InChI=1S/C14H23N3OS/c1-4-19-13-7-5-6-12(11(13)10-15)17(3)9-8-14(18)16-2/h5-7H,4,8-10,15H2,1-3H3,(H,16,18).